The zero-order valence-corrected chi connectivity index (χ0v) is 19.5. The van der Waals surface area contributed by atoms with Gasteiger partial charge in [0.1, 0.15) is 16.9 Å². The second kappa shape index (κ2) is 7.61. The topological polar surface area (TPSA) is 119 Å². The third-order valence-electron chi connectivity index (χ3n) is 5.34. The van der Waals surface area contributed by atoms with Crippen molar-refractivity contribution < 1.29 is 51.7 Å². The first-order chi connectivity index (χ1) is 14.3. The van der Waals surface area contributed by atoms with Crippen LogP contribution in [0.15, 0.2) is 56.5 Å². The molecule has 0 atom stereocenters. The minimum absolute atomic E-state index is 0. The van der Waals surface area contributed by atoms with Gasteiger partial charge in [-0.05, 0) is 41.8 Å². The molecule has 3 aromatic carbocycles. The van der Waals surface area contributed by atoms with Crippen molar-refractivity contribution in [1.82, 2.24) is 4.57 Å². The van der Waals surface area contributed by atoms with E-state index in [0.29, 0.717) is 27.7 Å². The van der Waals surface area contributed by atoms with Crippen molar-refractivity contribution in [2.24, 2.45) is 0 Å². The summed E-state index contributed by atoms with van der Waals surface area (Å²) in [6.45, 7) is -0.496. The molecule has 0 saturated heterocycles. The maximum Gasteiger partial charge on any atom is 1.00 e. The average Bonchev–Trinajstić information content (AvgIpc) is 2.72. The summed E-state index contributed by atoms with van der Waals surface area (Å²) < 4.78 is 45.1. The summed E-state index contributed by atoms with van der Waals surface area (Å²) in [7, 11) is -3.02. The van der Waals surface area contributed by atoms with E-state index in [1.54, 1.807) is 43.5 Å². The van der Waals surface area contributed by atoms with Gasteiger partial charge in [0, 0.05) is 33.5 Å². The van der Waals surface area contributed by atoms with E-state index in [4.69, 9.17) is 9.15 Å². The molecule has 5 rings (SSSR count). The fourth-order valence-corrected chi connectivity index (χ4v) is 4.38. The molecule has 0 N–H and O–H groups in total. The molecule has 31 heavy (non-hydrogen) atoms. The third-order valence-corrected chi connectivity index (χ3v) is 6.02. The summed E-state index contributed by atoms with van der Waals surface area (Å²) in [4.78, 5) is 25.9. The van der Waals surface area contributed by atoms with Gasteiger partial charge < -0.3 is 13.7 Å². The molecule has 0 aliphatic heterocycles. The van der Waals surface area contributed by atoms with Crippen molar-refractivity contribution in [3.63, 3.8) is 0 Å². The summed E-state index contributed by atoms with van der Waals surface area (Å²) in [5.74, 6) is -0.200. The Morgan fingerprint density at radius 3 is 2.16 bits per heavy atom. The van der Waals surface area contributed by atoms with Crippen LogP contribution in [0.25, 0.3) is 43.5 Å². The second-order valence-corrected chi connectivity index (χ2v) is 8.53. The summed E-state index contributed by atoms with van der Waals surface area (Å²) in [6, 6.07) is 12.0. The molecule has 10 heteroatoms. The minimum atomic E-state index is -4.58. The van der Waals surface area contributed by atoms with Crippen molar-refractivity contribution >= 4 is 53.6 Å². The van der Waals surface area contributed by atoms with E-state index >= 15 is 0 Å². The van der Waals surface area contributed by atoms with E-state index in [1.165, 1.54) is 0 Å². The molecule has 8 nitrogen and oxygen atoms in total. The van der Waals surface area contributed by atoms with Gasteiger partial charge in [0.05, 0.1) is 23.0 Å². The van der Waals surface area contributed by atoms with Crippen molar-refractivity contribution in [1.29, 1.82) is 0 Å². The van der Waals surface area contributed by atoms with Gasteiger partial charge in [0.25, 0.3) is 11.1 Å². The maximum atomic E-state index is 13.0. The van der Waals surface area contributed by atoms with Gasteiger partial charge in [0.15, 0.2) is 0 Å². The molecule has 0 unspecified atom stereocenters. The first-order valence-corrected chi connectivity index (χ1v) is 10.6. The maximum absolute atomic E-state index is 13.0. The summed E-state index contributed by atoms with van der Waals surface area (Å²) >= 11 is 0. The second-order valence-electron chi connectivity index (χ2n) is 7.01. The van der Waals surface area contributed by atoms with Crippen LogP contribution in [0.1, 0.15) is 0 Å². The minimum Gasteiger partial charge on any atom is -0.748 e. The Bertz CT molecular complexity index is 1670. The molecule has 0 saturated carbocycles. The normalized spacial score (nSPS) is 12.1. The monoisotopic (exact) mass is 447 g/mol. The van der Waals surface area contributed by atoms with Gasteiger partial charge in [-0.3, -0.25) is 14.2 Å². The summed E-state index contributed by atoms with van der Waals surface area (Å²) in [5, 5.41) is 3.15. The quantitative estimate of drug-likeness (QED) is 0.156. The molecule has 2 aromatic heterocycles. The Balaban J connectivity index is 0.00000231. The smallest absolute Gasteiger partial charge is 0.748 e. The van der Waals surface area contributed by atoms with Gasteiger partial charge in [-0.2, -0.15) is 0 Å². The van der Waals surface area contributed by atoms with E-state index in [0.717, 1.165) is 15.3 Å². The number of benzene rings is 3. The first-order valence-electron chi connectivity index (χ1n) is 9.04. The first kappa shape index (κ1) is 21.8. The number of hydrogen-bond acceptors (Lipinski definition) is 7. The molecule has 0 radical (unpaired) electrons. The Kier molecular flexibility index (Phi) is 5.35. The number of rotatable bonds is 4. The molecule has 0 fully saturated rings. The predicted molar refractivity (Wildman–Crippen MR) is 112 cm³/mol. The van der Waals surface area contributed by atoms with E-state index in [2.05, 4.69) is 0 Å². The fraction of sp³-hybridized carbons (Fsp3) is 0.143. The summed E-state index contributed by atoms with van der Waals surface area (Å²) in [5.41, 5.74) is -0.144. The fourth-order valence-electron chi connectivity index (χ4n) is 3.97. The Hall–Kier alpha value is -2.43. The third kappa shape index (κ3) is 3.42. The molecule has 2 heterocycles. The number of nitrogens with zero attached hydrogens (tertiary/aromatic N) is 1. The molecule has 0 aliphatic rings. The predicted octanol–water partition coefficient (Wildman–Crippen LogP) is -0.590. The van der Waals surface area contributed by atoms with E-state index < -0.39 is 33.5 Å². The Labute approximate surface area is 197 Å². The van der Waals surface area contributed by atoms with Gasteiger partial charge >= 0.3 is 29.6 Å². The average molecular weight is 447 g/mol. The van der Waals surface area contributed by atoms with Crippen molar-refractivity contribution in [3.05, 3.63) is 63.2 Å². The van der Waals surface area contributed by atoms with E-state index in [1.807, 2.05) is 6.07 Å². The standard InChI is InChI=1S/C21H15NO7S.Na/c1-28-11-2-6-16-15(10-11)12-3-4-13-18-14(5-7-17(29-16)19(12)18)21(24)22(20(13)23)8-9-30(25,26)27;/h2-7,10H,8-9H2,1H3,(H,25,26,27);/q;+1/p-1. The molecule has 0 spiro atoms. The van der Waals surface area contributed by atoms with Crippen LogP contribution in [0.5, 0.6) is 5.75 Å². The van der Waals surface area contributed by atoms with Crippen LogP contribution >= 0.6 is 0 Å². The van der Waals surface area contributed by atoms with Gasteiger partial charge in [-0.1, -0.05) is 6.07 Å². The van der Waals surface area contributed by atoms with Crippen molar-refractivity contribution in [2.75, 3.05) is 12.9 Å². The number of pyridine rings is 1. The van der Waals surface area contributed by atoms with Crippen LogP contribution in [0.4, 0.5) is 0 Å². The van der Waals surface area contributed by atoms with Crippen LogP contribution in [-0.2, 0) is 16.7 Å². The number of fused-ring (bicyclic) bond motifs is 2. The van der Waals surface area contributed by atoms with Gasteiger partial charge in [-0.25, -0.2) is 8.42 Å². The largest absolute Gasteiger partial charge is 1.00 e. The van der Waals surface area contributed by atoms with Crippen LogP contribution in [0.2, 0.25) is 0 Å². The van der Waals surface area contributed by atoms with E-state index in [-0.39, 0.29) is 40.3 Å². The molecule has 152 valence electrons. The number of aromatic nitrogens is 1. The van der Waals surface area contributed by atoms with Gasteiger partial charge in [-0.15, -0.1) is 0 Å². The summed E-state index contributed by atoms with van der Waals surface area (Å²) in [6.07, 6.45) is 0. The SMILES string of the molecule is COc1ccc2oc3ccc4c(=O)n(CCS(=O)(=O)[O-])c(=O)c5ccc(c2c1)c3c45.[Na+]. The number of methoxy groups -OCH3 is 1. The number of hydrogen-bond donors (Lipinski definition) is 0. The van der Waals surface area contributed by atoms with Crippen molar-refractivity contribution in [2.45, 2.75) is 6.54 Å². The van der Waals surface area contributed by atoms with Crippen LogP contribution in [-0.4, -0.2) is 30.4 Å². The van der Waals surface area contributed by atoms with Crippen molar-refractivity contribution in [3.8, 4) is 5.75 Å². The Morgan fingerprint density at radius 1 is 0.903 bits per heavy atom. The van der Waals surface area contributed by atoms with Crippen LogP contribution < -0.4 is 45.4 Å². The molecule has 0 bridgehead atoms. The zero-order valence-electron chi connectivity index (χ0n) is 16.7. The molecule has 5 aromatic rings. The Morgan fingerprint density at radius 2 is 1.52 bits per heavy atom. The molecule has 0 amide bonds. The van der Waals surface area contributed by atoms with Crippen LogP contribution in [0, 0.1) is 0 Å². The molecular formula is C21H14NNaO7S. The molecular weight excluding hydrogens is 433 g/mol. The van der Waals surface area contributed by atoms with E-state index in [9.17, 15) is 22.6 Å². The molecule has 0 aliphatic carbocycles. The zero-order chi connectivity index (χ0) is 21.2. The number of ether oxygens (including phenoxy) is 1. The van der Waals surface area contributed by atoms with Gasteiger partial charge in [0.2, 0.25) is 0 Å². The van der Waals surface area contributed by atoms with Crippen LogP contribution in [0.3, 0.4) is 0 Å².